The highest BCUT2D eigenvalue weighted by Crippen LogP contribution is 2.09. The highest BCUT2D eigenvalue weighted by Gasteiger charge is 2.19. The zero-order chi connectivity index (χ0) is 14.4. The Morgan fingerprint density at radius 2 is 1.90 bits per heavy atom. The Morgan fingerprint density at radius 1 is 1.15 bits per heavy atom. The first-order valence-electron chi connectivity index (χ1n) is 6.19. The van der Waals surface area contributed by atoms with Gasteiger partial charge in [-0.05, 0) is 24.1 Å². The van der Waals surface area contributed by atoms with Crippen LogP contribution in [0.4, 0.5) is 0 Å². The van der Waals surface area contributed by atoms with Crippen LogP contribution < -0.4 is 4.72 Å². The number of benzene rings is 1. The van der Waals surface area contributed by atoms with Crippen LogP contribution in [0, 0.1) is 0 Å². The van der Waals surface area contributed by atoms with Crippen LogP contribution >= 0.6 is 0 Å². The number of aliphatic hydroxyl groups excluding tert-OH is 1. The molecular formula is C14H16N2O3S. The minimum atomic E-state index is -3.66. The van der Waals surface area contributed by atoms with Gasteiger partial charge < -0.3 is 5.11 Å². The third-order valence-electron chi connectivity index (χ3n) is 2.81. The summed E-state index contributed by atoms with van der Waals surface area (Å²) in [6, 6.07) is 11.9. The smallest absolute Gasteiger partial charge is 0.242 e. The second-order valence-electron chi connectivity index (χ2n) is 4.38. The van der Waals surface area contributed by atoms with Crippen molar-refractivity contribution in [3.63, 3.8) is 0 Å². The molecule has 0 saturated heterocycles. The van der Waals surface area contributed by atoms with Crippen molar-refractivity contribution < 1.29 is 13.5 Å². The van der Waals surface area contributed by atoms with Gasteiger partial charge in [-0.15, -0.1) is 0 Å². The van der Waals surface area contributed by atoms with Crippen LogP contribution in [0.25, 0.3) is 0 Å². The van der Waals surface area contributed by atoms with Gasteiger partial charge in [-0.3, -0.25) is 4.98 Å². The molecule has 2 aromatic rings. The van der Waals surface area contributed by atoms with Gasteiger partial charge >= 0.3 is 0 Å². The van der Waals surface area contributed by atoms with Crippen molar-refractivity contribution in [3.8, 4) is 0 Å². The average Bonchev–Trinajstić information content (AvgIpc) is 2.48. The predicted molar refractivity (Wildman–Crippen MR) is 75.6 cm³/mol. The normalized spacial score (nSPS) is 13.1. The van der Waals surface area contributed by atoms with Crippen LogP contribution in [0.5, 0.6) is 0 Å². The summed E-state index contributed by atoms with van der Waals surface area (Å²) in [5.41, 5.74) is 0.959. The molecule has 0 aliphatic carbocycles. The van der Waals surface area contributed by atoms with E-state index in [-0.39, 0.29) is 11.5 Å². The number of aliphatic hydroxyl groups is 1. The molecule has 1 aromatic heterocycles. The van der Waals surface area contributed by atoms with Crippen molar-refractivity contribution in [2.45, 2.75) is 17.4 Å². The number of nitrogens with one attached hydrogen (secondary N) is 1. The monoisotopic (exact) mass is 292 g/mol. The lowest BCUT2D eigenvalue weighted by Gasteiger charge is -2.16. The topological polar surface area (TPSA) is 79.3 Å². The molecule has 0 aliphatic rings. The second kappa shape index (κ2) is 6.60. The highest BCUT2D eigenvalue weighted by atomic mass is 32.2. The number of hydrogen-bond donors (Lipinski definition) is 2. The van der Waals surface area contributed by atoms with Gasteiger partial charge in [0.25, 0.3) is 0 Å². The minimum absolute atomic E-state index is 0.0894. The van der Waals surface area contributed by atoms with E-state index in [1.54, 1.807) is 6.07 Å². The first kappa shape index (κ1) is 14.6. The zero-order valence-electron chi connectivity index (χ0n) is 10.8. The number of aromatic nitrogens is 1. The highest BCUT2D eigenvalue weighted by molar-refractivity contribution is 7.89. The predicted octanol–water partition coefficient (Wildman–Crippen LogP) is 0.963. The first-order valence-corrected chi connectivity index (χ1v) is 7.67. The summed E-state index contributed by atoms with van der Waals surface area (Å²) in [5, 5.41) is 9.36. The lowest BCUT2D eigenvalue weighted by atomic mass is 10.1. The second-order valence-corrected chi connectivity index (χ2v) is 6.09. The van der Waals surface area contributed by atoms with Gasteiger partial charge in [0.1, 0.15) is 4.90 Å². The van der Waals surface area contributed by atoms with E-state index in [1.165, 1.54) is 18.5 Å². The third-order valence-corrected chi connectivity index (χ3v) is 4.32. The Hall–Kier alpha value is -1.76. The maximum absolute atomic E-state index is 12.1. The molecule has 0 bridgehead atoms. The van der Waals surface area contributed by atoms with Crippen molar-refractivity contribution in [2.75, 3.05) is 6.61 Å². The molecule has 5 nitrogen and oxygen atoms in total. The molecule has 1 aromatic carbocycles. The largest absolute Gasteiger partial charge is 0.395 e. The number of hydrogen-bond acceptors (Lipinski definition) is 4. The van der Waals surface area contributed by atoms with E-state index in [0.29, 0.717) is 6.42 Å². The van der Waals surface area contributed by atoms with Gasteiger partial charge in [0.05, 0.1) is 6.61 Å². The van der Waals surface area contributed by atoms with Crippen LogP contribution in [-0.4, -0.2) is 31.2 Å². The summed E-state index contributed by atoms with van der Waals surface area (Å²) in [6.45, 7) is -0.269. The van der Waals surface area contributed by atoms with Crippen LogP contribution in [0.1, 0.15) is 5.56 Å². The Morgan fingerprint density at radius 3 is 2.50 bits per heavy atom. The van der Waals surface area contributed by atoms with E-state index in [1.807, 2.05) is 30.3 Å². The molecule has 2 N–H and O–H groups in total. The van der Waals surface area contributed by atoms with Crippen molar-refractivity contribution in [2.24, 2.45) is 0 Å². The molecule has 2 rings (SSSR count). The molecule has 1 atom stereocenters. The fourth-order valence-corrected chi connectivity index (χ4v) is 3.03. The van der Waals surface area contributed by atoms with E-state index in [2.05, 4.69) is 9.71 Å². The summed E-state index contributed by atoms with van der Waals surface area (Å²) in [6.07, 6.45) is 3.21. The van der Waals surface area contributed by atoms with Crippen molar-refractivity contribution in [1.82, 2.24) is 9.71 Å². The van der Waals surface area contributed by atoms with Gasteiger partial charge in [-0.1, -0.05) is 30.3 Å². The molecule has 0 spiro atoms. The molecule has 0 aliphatic heterocycles. The SMILES string of the molecule is O=S(=O)(NC(CO)Cc1ccccc1)c1cccnc1. The van der Waals surface area contributed by atoms with Crippen LogP contribution in [-0.2, 0) is 16.4 Å². The first-order chi connectivity index (χ1) is 9.62. The average molecular weight is 292 g/mol. The van der Waals surface area contributed by atoms with Crippen LogP contribution in [0.2, 0.25) is 0 Å². The molecule has 0 fully saturated rings. The summed E-state index contributed by atoms with van der Waals surface area (Å²) >= 11 is 0. The molecule has 0 saturated carbocycles. The van der Waals surface area contributed by atoms with Gasteiger partial charge in [0.2, 0.25) is 10.0 Å². The minimum Gasteiger partial charge on any atom is -0.395 e. The summed E-state index contributed by atoms with van der Waals surface area (Å²) in [7, 11) is -3.66. The fourth-order valence-electron chi connectivity index (χ4n) is 1.84. The lowest BCUT2D eigenvalue weighted by Crippen LogP contribution is -2.39. The Balaban J connectivity index is 2.10. The van der Waals surface area contributed by atoms with Crippen molar-refractivity contribution >= 4 is 10.0 Å². The maximum Gasteiger partial charge on any atom is 0.242 e. The van der Waals surface area contributed by atoms with Crippen LogP contribution in [0.15, 0.2) is 59.8 Å². The number of pyridine rings is 1. The zero-order valence-corrected chi connectivity index (χ0v) is 11.6. The van der Waals surface area contributed by atoms with E-state index in [9.17, 15) is 13.5 Å². The molecule has 6 heteroatoms. The van der Waals surface area contributed by atoms with E-state index in [4.69, 9.17) is 0 Å². The Kier molecular flexibility index (Phi) is 4.84. The van der Waals surface area contributed by atoms with Crippen LogP contribution in [0.3, 0.4) is 0 Å². The van der Waals surface area contributed by atoms with E-state index in [0.717, 1.165) is 5.56 Å². The molecule has 1 heterocycles. The summed E-state index contributed by atoms with van der Waals surface area (Å²) in [5.74, 6) is 0. The molecular weight excluding hydrogens is 276 g/mol. The molecule has 106 valence electrons. The van der Waals surface area contributed by atoms with Gasteiger partial charge in [-0.2, -0.15) is 0 Å². The van der Waals surface area contributed by atoms with Gasteiger partial charge in [0, 0.05) is 18.4 Å². The number of sulfonamides is 1. The third kappa shape index (κ3) is 3.86. The van der Waals surface area contributed by atoms with Crippen molar-refractivity contribution in [3.05, 3.63) is 60.4 Å². The molecule has 0 amide bonds. The van der Waals surface area contributed by atoms with E-state index >= 15 is 0 Å². The number of nitrogens with zero attached hydrogens (tertiary/aromatic N) is 1. The maximum atomic E-state index is 12.1. The molecule has 20 heavy (non-hydrogen) atoms. The Labute approximate surface area is 118 Å². The summed E-state index contributed by atoms with van der Waals surface area (Å²) in [4.78, 5) is 3.88. The molecule has 0 radical (unpaired) electrons. The molecule has 1 unspecified atom stereocenters. The van der Waals surface area contributed by atoms with Crippen molar-refractivity contribution in [1.29, 1.82) is 0 Å². The van der Waals surface area contributed by atoms with Gasteiger partial charge in [0.15, 0.2) is 0 Å². The lowest BCUT2D eigenvalue weighted by molar-refractivity contribution is 0.256. The standard InChI is InChI=1S/C14H16N2O3S/c17-11-13(9-12-5-2-1-3-6-12)16-20(18,19)14-7-4-8-15-10-14/h1-8,10,13,16-17H,9,11H2. The van der Waals surface area contributed by atoms with Gasteiger partial charge in [-0.25, -0.2) is 13.1 Å². The summed E-state index contributed by atoms with van der Waals surface area (Å²) < 4.78 is 26.7. The quantitative estimate of drug-likeness (QED) is 0.831. The van der Waals surface area contributed by atoms with E-state index < -0.39 is 16.1 Å². The Bertz CT molecular complexity index is 630. The fraction of sp³-hybridized carbons (Fsp3) is 0.214. The number of rotatable bonds is 6.